The molecule has 2 N–H and O–H groups in total. The average molecular weight is 359 g/mol. The first-order valence-corrected chi connectivity index (χ1v) is 8.42. The molecule has 0 aliphatic heterocycles. The van der Waals surface area contributed by atoms with E-state index in [9.17, 15) is 4.79 Å². The summed E-state index contributed by atoms with van der Waals surface area (Å²) >= 11 is 0. The number of carbonyl (C=O) groups excluding carboxylic acids is 1. The molecular formula is C19H17N7O. The van der Waals surface area contributed by atoms with Crippen molar-refractivity contribution in [2.24, 2.45) is 5.10 Å². The van der Waals surface area contributed by atoms with E-state index < -0.39 is 0 Å². The van der Waals surface area contributed by atoms with Gasteiger partial charge in [0, 0.05) is 17.1 Å². The molecule has 0 fully saturated rings. The molecular weight excluding hydrogens is 342 g/mol. The van der Waals surface area contributed by atoms with Crippen LogP contribution >= 0.6 is 0 Å². The number of amides is 1. The fraction of sp³-hybridized carbons (Fsp3) is 0.105. The van der Waals surface area contributed by atoms with E-state index >= 15 is 0 Å². The largest absolute Gasteiger partial charge is 0.361 e. The molecule has 0 saturated carbocycles. The zero-order valence-corrected chi connectivity index (χ0v) is 14.6. The van der Waals surface area contributed by atoms with E-state index in [0.29, 0.717) is 5.71 Å². The minimum Gasteiger partial charge on any atom is -0.361 e. The van der Waals surface area contributed by atoms with Crippen molar-refractivity contribution >= 4 is 22.5 Å². The topological polar surface area (TPSA) is 101 Å². The van der Waals surface area contributed by atoms with Gasteiger partial charge in [-0.25, -0.2) is 10.1 Å². The van der Waals surface area contributed by atoms with Crippen LogP contribution in [0.1, 0.15) is 18.1 Å². The average Bonchev–Trinajstić information content (AvgIpc) is 3.37. The van der Waals surface area contributed by atoms with Gasteiger partial charge in [-0.05, 0) is 46.7 Å². The third kappa shape index (κ3) is 3.59. The molecule has 0 unspecified atom stereocenters. The molecule has 2 aromatic carbocycles. The molecule has 2 heterocycles. The first-order chi connectivity index (χ1) is 13.2. The second kappa shape index (κ2) is 7.20. The Morgan fingerprint density at radius 2 is 2.11 bits per heavy atom. The highest BCUT2D eigenvalue weighted by Crippen LogP contribution is 2.18. The van der Waals surface area contributed by atoms with Crippen LogP contribution in [0.5, 0.6) is 0 Å². The molecule has 8 nitrogen and oxygen atoms in total. The molecule has 0 bridgehead atoms. The molecule has 8 heteroatoms. The third-order valence-corrected chi connectivity index (χ3v) is 4.25. The van der Waals surface area contributed by atoms with Gasteiger partial charge < -0.3 is 4.98 Å². The summed E-state index contributed by atoms with van der Waals surface area (Å²) in [6.07, 6.45) is 3.64. The summed E-state index contributed by atoms with van der Waals surface area (Å²) < 4.78 is 1.56. The van der Waals surface area contributed by atoms with Gasteiger partial charge in [0.2, 0.25) is 5.91 Å². The van der Waals surface area contributed by atoms with Gasteiger partial charge in [0.25, 0.3) is 0 Å². The lowest BCUT2D eigenvalue weighted by atomic mass is 10.1. The Morgan fingerprint density at radius 1 is 1.22 bits per heavy atom. The lowest BCUT2D eigenvalue weighted by molar-refractivity contribution is -0.120. The number of fused-ring (bicyclic) bond motifs is 1. The minimum atomic E-state index is -0.171. The maximum absolute atomic E-state index is 12.3. The van der Waals surface area contributed by atoms with Crippen LogP contribution < -0.4 is 5.43 Å². The Labute approximate surface area is 154 Å². The van der Waals surface area contributed by atoms with Gasteiger partial charge >= 0.3 is 0 Å². The van der Waals surface area contributed by atoms with Crippen molar-refractivity contribution in [2.75, 3.05) is 0 Å². The number of tetrazole rings is 1. The fourth-order valence-electron chi connectivity index (χ4n) is 2.85. The molecule has 4 aromatic rings. The van der Waals surface area contributed by atoms with Crippen molar-refractivity contribution in [3.8, 4) is 5.69 Å². The van der Waals surface area contributed by atoms with Gasteiger partial charge in [0.05, 0.1) is 17.8 Å². The van der Waals surface area contributed by atoms with Crippen LogP contribution in [0.25, 0.3) is 16.6 Å². The summed E-state index contributed by atoms with van der Waals surface area (Å²) in [5.41, 5.74) is 6.96. The normalized spacial score (nSPS) is 11.7. The summed E-state index contributed by atoms with van der Waals surface area (Å²) in [5.74, 6) is -0.171. The van der Waals surface area contributed by atoms with Crippen LogP contribution in [0.15, 0.2) is 66.2 Å². The van der Waals surface area contributed by atoms with Gasteiger partial charge in [-0.3, -0.25) is 4.79 Å². The number of para-hydroxylation sites is 1. The molecule has 1 amide bonds. The Bertz CT molecular complexity index is 1110. The van der Waals surface area contributed by atoms with Crippen molar-refractivity contribution in [3.05, 3.63) is 72.2 Å². The summed E-state index contributed by atoms with van der Waals surface area (Å²) in [4.78, 5) is 15.5. The third-order valence-electron chi connectivity index (χ3n) is 4.25. The minimum absolute atomic E-state index is 0.171. The molecule has 0 radical (unpaired) electrons. The number of nitrogens with one attached hydrogen (secondary N) is 2. The molecule has 0 atom stereocenters. The van der Waals surface area contributed by atoms with Crippen molar-refractivity contribution in [3.63, 3.8) is 0 Å². The number of carbonyl (C=O) groups is 1. The number of hydrogen-bond acceptors (Lipinski definition) is 5. The lowest BCUT2D eigenvalue weighted by Gasteiger charge is -2.05. The Morgan fingerprint density at radius 3 is 2.96 bits per heavy atom. The summed E-state index contributed by atoms with van der Waals surface area (Å²) in [5, 5.41) is 16.4. The zero-order chi connectivity index (χ0) is 18.6. The SMILES string of the molecule is C/C(=N\NC(=O)Cc1c[nH]c2ccccc12)c1cccc(-n2cnnn2)c1. The second-order valence-electron chi connectivity index (χ2n) is 6.07. The van der Waals surface area contributed by atoms with Crippen LogP contribution in [0.4, 0.5) is 0 Å². The number of nitrogens with zero attached hydrogens (tertiary/aromatic N) is 5. The summed E-state index contributed by atoms with van der Waals surface area (Å²) in [6, 6.07) is 15.5. The van der Waals surface area contributed by atoms with E-state index in [2.05, 4.69) is 31.0 Å². The predicted octanol–water partition coefficient (Wildman–Crippen LogP) is 2.23. The highest BCUT2D eigenvalue weighted by Gasteiger charge is 2.08. The van der Waals surface area contributed by atoms with Crippen LogP contribution in [-0.2, 0) is 11.2 Å². The smallest absolute Gasteiger partial charge is 0.244 e. The quantitative estimate of drug-likeness (QED) is 0.421. The van der Waals surface area contributed by atoms with Crippen LogP contribution in [0.3, 0.4) is 0 Å². The Kier molecular flexibility index (Phi) is 4.44. The van der Waals surface area contributed by atoms with Crippen LogP contribution in [-0.4, -0.2) is 36.8 Å². The van der Waals surface area contributed by atoms with Gasteiger partial charge in [0.15, 0.2) is 0 Å². The van der Waals surface area contributed by atoms with E-state index in [1.165, 1.54) is 6.33 Å². The highest BCUT2D eigenvalue weighted by atomic mass is 16.2. The molecule has 27 heavy (non-hydrogen) atoms. The number of aromatic nitrogens is 5. The van der Waals surface area contributed by atoms with Crippen molar-refractivity contribution < 1.29 is 4.79 Å². The fourth-order valence-corrected chi connectivity index (χ4v) is 2.85. The van der Waals surface area contributed by atoms with E-state index in [-0.39, 0.29) is 12.3 Å². The maximum Gasteiger partial charge on any atom is 0.244 e. The van der Waals surface area contributed by atoms with E-state index in [0.717, 1.165) is 27.7 Å². The van der Waals surface area contributed by atoms with Crippen molar-refractivity contribution in [1.29, 1.82) is 0 Å². The number of hydrogen-bond donors (Lipinski definition) is 2. The van der Waals surface area contributed by atoms with Crippen molar-refractivity contribution in [1.82, 2.24) is 30.6 Å². The zero-order valence-electron chi connectivity index (χ0n) is 14.6. The molecule has 134 valence electrons. The second-order valence-corrected chi connectivity index (χ2v) is 6.07. The molecule has 0 saturated heterocycles. The Balaban J connectivity index is 1.46. The van der Waals surface area contributed by atoms with E-state index in [4.69, 9.17) is 0 Å². The van der Waals surface area contributed by atoms with Gasteiger partial charge in [0.1, 0.15) is 6.33 Å². The first kappa shape index (κ1) is 16.6. The lowest BCUT2D eigenvalue weighted by Crippen LogP contribution is -2.21. The summed E-state index contributed by atoms with van der Waals surface area (Å²) in [6.45, 7) is 1.84. The number of H-pyrrole nitrogens is 1. The van der Waals surface area contributed by atoms with E-state index in [1.54, 1.807) is 4.68 Å². The molecule has 0 aliphatic rings. The highest BCUT2D eigenvalue weighted by molar-refractivity contribution is 5.99. The van der Waals surface area contributed by atoms with Crippen LogP contribution in [0, 0.1) is 0 Å². The van der Waals surface area contributed by atoms with E-state index in [1.807, 2.05) is 61.7 Å². The van der Waals surface area contributed by atoms with Crippen molar-refractivity contribution in [2.45, 2.75) is 13.3 Å². The molecule has 0 spiro atoms. The number of benzene rings is 2. The number of rotatable bonds is 5. The number of hydrazone groups is 1. The Hall–Kier alpha value is -3.81. The van der Waals surface area contributed by atoms with Gasteiger partial charge in [-0.2, -0.15) is 5.10 Å². The van der Waals surface area contributed by atoms with Crippen LogP contribution in [0.2, 0.25) is 0 Å². The molecule has 0 aliphatic carbocycles. The summed E-state index contributed by atoms with van der Waals surface area (Å²) in [7, 11) is 0. The molecule has 4 rings (SSSR count). The monoisotopic (exact) mass is 359 g/mol. The van der Waals surface area contributed by atoms with Gasteiger partial charge in [-0.1, -0.05) is 30.3 Å². The first-order valence-electron chi connectivity index (χ1n) is 8.42. The molecule has 2 aromatic heterocycles. The van der Waals surface area contributed by atoms with Gasteiger partial charge in [-0.15, -0.1) is 5.10 Å². The number of aromatic amines is 1. The maximum atomic E-state index is 12.3. The predicted molar refractivity (Wildman–Crippen MR) is 102 cm³/mol. The standard InChI is InChI=1S/C19H17N7O/c1-13(14-5-4-6-16(9-14)26-12-21-24-25-26)22-23-19(27)10-15-11-20-18-8-3-2-7-17(15)18/h2-9,11-12,20H,10H2,1H3,(H,23,27)/b22-13+.